The quantitative estimate of drug-likeness (QED) is 0.787. The van der Waals surface area contributed by atoms with Crippen LogP contribution in [-0.2, 0) is 0 Å². The second-order valence-corrected chi connectivity index (χ2v) is 5.96. The molecule has 116 valence electrons. The molecule has 0 bridgehead atoms. The van der Waals surface area contributed by atoms with Gasteiger partial charge < -0.3 is 14.8 Å². The fourth-order valence-corrected chi connectivity index (χ4v) is 2.79. The molecule has 3 rings (SSSR count). The van der Waals surface area contributed by atoms with E-state index in [1.807, 2.05) is 6.07 Å². The zero-order valence-corrected chi connectivity index (χ0v) is 12.8. The number of nitrogens with one attached hydrogen (secondary N) is 3. The Labute approximate surface area is 126 Å². The third-order valence-electron chi connectivity index (χ3n) is 4.36. The van der Waals surface area contributed by atoms with Gasteiger partial charge in [-0.1, -0.05) is 6.07 Å². The van der Waals surface area contributed by atoms with Crippen molar-refractivity contribution in [1.29, 1.82) is 0 Å². The van der Waals surface area contributed by atoms with Crippen LogP contribution >= 0.6 is 0 Å². The standard InChI is InChI=1S/C16H25N3O2/c1-11(17-9-14-10-18-19-12(14)2)13-4-5-15-16(8-13)21-7-3-6-20-15/h4-5,8,11-12,14,17-19H,3,6-7,9-10H2,1-2H3. The first-order chi connectivity index (χ1) is 10.2. The number of hydrogen-bond acceptors (Lipinski definition) is 5. The van der Waals surface area contributed by atoms with Gasteiger partial charge in [-0.15, -0.1) is 0 Å². The molecular formula is C16H25N3O2. The SMILES string of the molecule is CC(NCC1CNNC1C)c1ccc2c(c1)OCCCO2. The van der Waals surface area contributed by atoms with Crippen molar-refractivity contribution in [3.63, 3.8) is 0 Å². The summed E-state index contributed by atoms with van der Waals surface area (Å²) in [6.45, 7) is 7.89. The van der Waals surface area contributed by atoms with E-state index in [1.165, 1.54) is 5.56 Å². The van der Waals surface area contributed by atoms with Crippen molar-refractivity contribution in [3.8, 4) is 11.5 Å². The lowest BCUT2D eigenvalue weighted by molar-refractivity contribution is 0.297. The molecule has 1 aromatic rings. The second-order valence-electron chi connectivity index (χ2n) is 5.96. The predicted octanol–water partition coefficient (Wildman–Crippen LogP) is 1.61. The maximum absolute atomic E-state index is 5.76. The summed E-state index contributed by atoms with van der Waals surface area (Å²) in [5.41, 5.74) is 7.70. The zero-order valence-electron chi connectivity index (χ0n) is 12.8. The molecule has 0 spiro atoms. The minimum Gasteiger partial charge on any atom is -0.490 e. The van der Waals surface area contributed by atoms with Crippen LogP contribution in [0.15, 0.2) is 18.2 Å². The molecule has 5 nitrogen and oxygen atoms in total. The van der Waals surface area contributed by atoms with Gasteiger partial charge in [-0.05, 0) is 31.5 Å². The van der Waals surface area contributed by atoms with E-state index in [-0.39, 0.29) is 0 Å². The van der Waals surface area contributed by atoms with Crippen LogP contribution in [0.2, 0.25) is 0 Å². The first-order valence-corrected chi connectivity index (χ1v) is 7.85. The number of rotatable bonds is 4. The molecule has 1 aromatic carbocycles. The third-order valence-corrected chi connectivity index (χ3v) is 4.36. The number of hydrogen-bond donors (Lipinski definition) is 3. The van der Waals surface area contributed by atoms with Gasteiger partial charge in [0.2, 0.25) is 0 Å². The molecule has 3 unspecified atom stereocenters. The van der Waals surface area contributed by atoms with Crippen molar-refractivity contribution in [2.45, 2.75) is 32.4 Å². The molecule has 3 N–H and O–H groups in total. The fourth-order valence-electron chi connectivity index (χ4n) is 2.79. The normalized spacial score (nSPS) is 26.4. The molecule has 0 saturated carbocycles. The monoisotopic (exact) mass is 291 g/mol. The van der Waals surface area contributed by atoms with Crippen LogP contribution in [-0.4, -0.2) is 32.3 Å². The maximum Gasteiger partial charge on any atom is 0.161 e. The van der Waals surface area contributed by atoms with Gasteiger partial charge in [0.05, 0.1) is 13.2 Å². The summed E-state index contributed by atoms with van der Waals surface area (Å²) in [5.74, 6) is 2.35. The van der Waals surface area contributed by atoms with Gasteiger partial charge >= 0.3 is 0 Å². The van der Waals surface area contributed by atoms with E-state index >= 15 is 0 Å². The molecule has 0 amide bonds. The fraction of sp³-hybridized carbons (Fsp3) is 0.625. The van der Waals surface area contributed by atoms with Crippen LogP contribution in [0.25, 0.3) is 0 Å². The van der Waals surface area contributed by atoms with E-state index in [4.69, 9.17) is 9.47 Å². The lowest BCUT2D eigenvalue weighted by Crippen LogP contribution is -2.33. The molecule has 21 heavy (non-hydrogen) atoms. The predicted molar refractivity (Wildman–Crippen MR) is 82.6 cm³/mol. The van der Waals surface area contributed by atoms with Gasteiger partial charge in [-0.3, -0.25) is 10.9 Å². The summed E-state index contributed by atoms with van der Waals surface area (Å²) < 4.78 is 11.4. The molecule has 2 heterocycles. The lowest BCUT2D eigenvalue weighted by Gasteiger charge is -2.20. The van der Waals surface area contributed by atoms with E-state index in [2.05, 4.69) is 42.1 Å². The van der Waals surface area contributed by atoms with Crippen LogP contribution < -0.4 is 25.6 Å². The zero-order chi connectivity index (χ0) is 14.7. The summed E-state index contributed by atoms with van der Waals surface area (Å²) >= 11 is 0. The first-order valence-electron chi connectivity index (χ1n) is 7.85. The topological polar surface area (TPSA) is 54.5 Å². The van der Waals surface area contributed by atoms with Crippen LogP contribution in [0.4, 0.5) is 0 Å². The summed E-state index contributed by atoms with van der Waals surface area (Å²) in [6.07, 6.45) is 0.942. The highest BCUT2D eigenvalue weighted by Crippen LogP contribution is 2.32. The van der Waals surface area contributed by atoms with Gasteiger partial charge in [0.15, 0.2) is 11.5 Å². The van der Waals surface area contributed by atoms with Crippen LogP contribution in [0.3, 0.4) is 0 Å². The molecule has 0 aliphatic carbocycles. The Hall–Kier alpha value is -1.30. The molecule has 0 aromatic heterocycles. The summed E-state index contributed by atoms with van der Waals surface area (Å²) in [4.78, 5) is 0. The van der Waals surface area contributed by atoms with Crippen LogP contribution in [0.1, 0.15) is 31.9 Å². The van der Waals surface area contributed by atoms with Crippen molar-refractivity contribution < 1.29 is 9.47 Å². The maximum atomic E-state index is 5.76. The largest absolute Gasteiger partial charge is 0.490 e. The van der Waals surface area contributed by atoms with Gasteiger partial charge in [0.25, 0.3) is 0 Å². The van der Waals surface area contributed by atoms with E-state index < -0.39 is 0 Å². The number of hydrazine groups is 1. The third kappa shape index (κ3) is 3.48. The summed E-state index contributed by atoms with van der Waals surface area (Å²) in [7, 11) is 0. The van der Waals surface area contributed by atoms with Gasteiger partial charge in [0.1, 0.15) is 0 Å². The Balaban J connectivity index is 1.61. The van der Waals surface area contributed by atoms with Gasteiger partial charge in [-0.25, -0.2) is 0 Å². The minimum atomic E-state index is 0.301. The Bertz CT molecular complexity index is 481. The Morgan fingerprint density at radius 2 is 2.10 bits per heavy atom. The van der Waals surface area contributed by atoms with Crippen LogP contribution in [0.5, 0.6) is 11.5 Å². The molecule has 1 saturated heterocycles. The smallest absolute Gasteiger partial charge is 0.161 e. The number of ether oxygens (including phenoxy) is 2. The first kappa shape index (κ1) is 14.6. The molecular weight excluding hydrogens is 266 g/mol. The Morgan fingerprint density at radius 3 is 2.86 bits per heavy atom. The van der Waals surface area contributed by atoms with E-state index in [0.717, 1.165) is 44.2 Å². The van der Waals surface area contributed by atoms with E-state index in [0.29, 0.717) is 18.0 Å². The second kappa shape index (κ2) is 6.64. The highest BCUT2D eigenvalue weighted by atomic mass is 16.5. The highest BCUT2D eigenvalue weighted by molar-refractivity contribution is 5.44. The van der Waals surface area contributed by atoms with E-state index in [9.17, 15) is 0 Å². The van der Waals surface area contributed by atoms with Crippen molar-refractivity contribution in [3.05, 3.63) is 23.8 Å². The minimum absolute atomic E-state index is 0.301. The summed E-state index contributed by atoms with van der Waals surface area (Å²) in [6, 6.07) is 7.06. The average Bonchev–Trinajstić information content (AvgIpc) is 2.76. The highest BCUT2D eigenvalue weighted by Gasteiger charge is 2.23. The van der Waals surface area contributed by atoms with Crippen molar-refractivity contribution in [1.82, 2.24) is 16.2 Å². The average molecular weight is 291 g/mol. The van der Waals surface area contributed by atoms with Crippen molar-refractivity contribution in [2.75, 3.05) is 26.3 Å². The van der Waals surface area contributed by atoms with Crippen LogP contribution in [0, 0.1) is 5.92 Å². The molecule has 2 aliphatic rings. The molecule has 3 atom stereocenters. The summed E-state index contributed by atoms with van der Waals surface area (Å²) in [5, 5.41) is 3.62. The molecule has 5 heteroatoms. The molecule has 1 fully saturated rings. The van der Waals surface area contributed by atoms with Gasteiger partial charge in [-0.2, -0.15) is 0 Å². The van der Waals surface area contributed by atoms with E-state index in [1.54, 1.807) is 0 Å². The number of benzene rings is 1. The molecule has 2 aliphatic heterocycles. The molecule has 0 radical (unpaired) electrons. The van der Waals surface area contributed by atoms with Crippen molar-refractivity contribution >= 4 is 0 Å². The van der Waals surface area contributed by atoms with Crippen molar-refractivity contribution in [2.24, 2.45) is 5.92 Å². The lowest BCUT2D eigenvalue weighted by atomic mass is 10.0. The number of fused-ring (bicyclic) bond motifs is 1. The Kier molecular flexibility index (Phi) is 4.63. The van der Waals surface area contributed by atoms with Gasteiger partial charge in [0, 0.05) is 37.5 Å². The Morgan fingerprint density at radius 1 is 1.29 bits per heavy atom.